The van der Waals surface area contributed by atoms with Crippen molar-refractivity contribution in [2.75, 3.05) is 0 Å². The summed E-state index contributed by atoms with van der Waals surface area (Å²) in [5, 5.41) is 19.6. The van der Waals surface area contributed by atoms with Crippen molar-refractivity contribution >= 4 is 5.84 Å². The molecule has 114 valence electrons. The van der Waals surface area contributed by atoms with Gasteiger partial charge in [-0.3, -0.25) is 0 Å². The fourth-order valence-corrected chi connectivity index (χ4v) is 1.75. The molecule has 2 rings (SSSR count). The Morgan fingerprint density at radius 2 is 1.45 bits per heavy atom. The lowest BCUT2D eigenvalue weighted by Gasteiger charge is -1.99. The summed E-state index contributed by atoms with van der Waals surface area (Å²) in [5.41, 5.74) is 9.93. The molecule has 2 aromatic rings. The molecule has 0 aliphatic carbocycles. The van der Waals surface area contributed by atoms with Crippen molar-refractivity contribution in [3.8, 4) is 6.07 Å². The average Bonchev–Trinajstić information content (AvgIpc) is 2.53. The largest absolute Gasteiger partial charge is 0.409 e. The van der Waals surface area contributed by atoms with E-state index < -0.39 is 0 Å². The molecule has 0 aliphatic heterocycles. The maximum Gasteiger partial charge on any atom is 0.143 e. The van der Waals surface area contributed by atoms with Gasteiger partial charge in [0, 0.05) is 6.42 Å². The van der Waals surface area contributed by atoms with Crippen LogP contribution in [0.2, 0.25) is 0 Å². The molecule has 0 aromatic heterocycles. The first kappa shape index (κ1) is 17.3. The van der Waals surface area contributed by atoms with Gasteiger partial charge in [0.1, 0.15) is 5.84 Å². The third-order valence-corrected chi connectivity index (χ3v) is 3.04. The summed E-state index contributed by atoms with van der Waals surface area (Å²) in [5.74, 6) is 0.235. The van der Waals surface area contributed by atoms with E-state index in [-0.39, 0.29) is 5.84 Å². The van der Waals surface area contributed by atoms with E-state index >= 15 is 0 Å². The number of hydrogen-bond donors (Lipinski definition) is 2. The zero-order valence-electron chi connectivity index (χ0n) is 13.0. The molecule has 4 nitrogen and oxygen atoms in total. The van der Waals surface area contributed by atoms with Crippen molar-refractivity contribution in [1.82, 2.24) is 0 Å². The van der Waals surface area contributed by atoms with E-state index in [1.165, 1.54) is 11.1 Å². The fraction of sp³-hybridized carbons (Fsp3) is 0.222. The van der Waals surface area contributed by atoms with Crippen LogP contribution in [0.25, 0.3) is 0 Å². The summed E-state index contributed by atoms with van der Waals surface area (Å²) < 4.78 is 0. The molecule has 0 aliphatic rings. The van der Waals surface area contributed by atoms with Gasteiger partial charge in [-0.25, -0.2) is 0 Å². The molecule has 0 amide bonds. The predicted molar refractivity (Wildman–Crippen MR) is 88.8 cm³/mol. The van der Waals surface area contributed by atoms with Crippen molar-refractivity contribution in [3.05, 3.63) is 70.8 Å². The van der Waals surface area contributed by atoms with Gasteiger partial charge in [-0.1, -0.05) is 64.8 Å². The normalized spacial score (nSPS) is 10.3. The number of nitrogens with two attached hydrogens (primary N) is 1. The molecule has 0 bridgehead atoms. The summed E-state index contributed by atoms with van der Waals surface area (Å²) >= 11 is 0. The second kappa shape index (κ2) is 9.19. The second-order valence-corrected chi connectivity index (χ2v) is 5.07. The van der Waals surface area contributed by atoms with Crippen molar-refractivity contribution in [2.24, 2.45) is 10.9 Å². The number of oxime groups is 1. The van der Waals surface area contributed by atoms with Gasteiger partial charge in [0.2, 0.25) is 0 Å². The van der Waals surface area contributed by atoms with Crippen LogP contribution in [0.5, 0.6) is 0 Å². The third kappa shape index (κ3) is 6.58. The molecule has 0 spiro atoms. The summed E-state index contributed by atoms with van der Waals surface area (Å²) in [4.78, 5) is 0. The quantitative estimate of drug-likeness (QED) is 0.394. The molecule has 0 saturated heterocycles. The van der Waals surface area contributed by atoms with Crippen LogP contribution in [0.15, 0.2) is 53.7 Å². The van der Waals surface area contributed by atoms with E-state index in [9.17, 15) is 0 Å². The van der Waals surface area contributed by atoms with Crippen LogP contribution >= 0.6 is 0 Å². The first-order valence-electron chi connectivity index (χ1n) is 6.99. The van der Waals surface area contributed by atoms with Gasteiger partial charge >= 0.3 is 0 Å². The Labute approximate surface area is 131 Å². The smallest absolute Gasteiger partial charge is 0.143 e. The highest BCUT2D eigenvalue weighted by molar-refractivity contribution is 5.81. The minimum absolute atomic E-state index is 0.235. The summed E-state index contributed by atoms with van der Waals surface area (Å²) in [6, 6.07) is 18.0. The molecule has 0 fully saturated rings. The molecule has 2 aromatic carbocycles. The van der Waals surface area contributed by atoms with E-state index in [0.717, 1.165) is 11.1 Å². The summed E-state index contributed by atoms with van der Waals surface area (Å²) in [6.07, 6.45) is 1.01. The number of amidine groups is 1. The van der Waals surface area contributed by atoms with Gasteiger partial charge < -0.3 is 10.9 Å². The van der Waals surface area contributed by atoms with Crippen LogP contribution in [0, 0.1) is 25.2 Å². The Morgan fingerprint density at radius 3 is 1.86 bits per heavy atom. The Hall–Kier alpha value is -2.80. The monoisotopic (exact) mass is 295 g/mol. The number of aryl methyl sites for hydroxylation is 2. The maximum absolute atomic E-state index is 8.34. The van der Waals surface area contributed by atoms with E-state index in [4.69, 9.17) is 16.2 Å². The Balaban J connectivity index is 0.000000224. The van der Waals surface area contributed by atoms with Gasteiger partial charge in [0.25, 0.3) is 0 Å². The Kier molecular flexibility index (Phi) is 7.21. The highest BCUT2D eigenvalue weighted by Crippen LogP contribution is 2.03. The Bertz CT molecular complexity index is 638. The van der Waals surface area contributed by atoms with Crippen LogP contribution in [-0.4, -0.2) is 11.0 Å². The highest BCUT2D eigenvalue weighted by atomic mass is 16.4. The van der Waals surface area contributed by atoms with Crippen LogP contribution in [0.3, 0.4) is 0 Å². The van der Waals surface area contributed by atoms with Gasteiger partial charge in [-0.2, -0.15) is 5.26 Å². The van der Waals surface area contributed by atoms with Crippen LogP contribution in [0.1, 0.15) is 22.3 Å². The molecular formula is C18H21N3O. The second-order valence-electron chi connectivity index (χ2n) is 5.07. The topological polar surface area (TPSA) is 82.4 Å². The molecular weight excluding hydrogens is 274 g/mol. The first-order chi connectivity index (χ1) is 10.5. The van der Waals surface area contributed by atoms with E-state index in [1.807, 2.05) is 62.4 Å². The minimum atomic E-state index is 0.235. The lowest BCUT2D eigenvalue weighted by atomic mass is 10.1. The van der Waals surface area contributed by atoms with Crippen LogP contribution in [-0.2, 0) is 12.8 Å². The maximum atomic E-state index is 8.34. The fourth-order valence-electron chi connectivity index (χ4n) is 1.75. The zero-order chi connectivity index (χ0) is 16.4. The Morgan fingerprint density at radius 1 is 1.00 bits per heavy atom. The van der Waals surface area contributed by atoms with Crippen molar-refractivity contribution < 1.29 is 5.21 Å². The van der Waals surface area contributed by atoms with Crippen LogP contribution < -0.4 is 5.73 Å². The lowest BCUT2D eigenvalue weighted by molar-refractivity contribution is 0.317. The standard InChI is InChI=1S/C9H12N2O.C9H9N/c1-7-2-4-8(5-3-7)6-9(10)11-12;1-8-2-4-9(5-3-8)6-7-10/h2-5,12H,6H2,1H3,(H2,10,11);2-5H,6H2,1H3. The van der Waals surface area contributed by atoms with Gasteiger partial charge in [0.15, 0.2) is 0 Å². The average molecular weight is 295 g/mol. The molecule has 3 N–H and O–H groups in total. The van der Waals surface area contributed by atoms with Gasteiger partial charge in [-0.05, 0) is 25.0 Å². The molecule has 4 heteroatoms. The molecule has 0 heterocycles. The summed E-state index contributed by atoms with van der Waals surface area (Å²) in [7, 11) is 0. The zero-order valence-corrected chi connectivity index (χ0v) is 13.0. The first-order valence-corrected chi connectivity index (χ1v) is 6.99. The lowest BCUT2D eigenvalue weighted by Crippen LogP contribution is -2.14. The van der Waals surface area contributed by atoms with E-state index in [2.05, 4.69) is 11.2 Å². The van der Waals surface area contributed by atoms with Gasteiger partial charge in [0.05, 0.1) is 12.5 Å². The van der Waals surface area contributed by atoms with Crippen molar-refractivity contribution in [3.63, 3.8) is 0 Å². The van der Waals surface area contributed by atoms with E-state index in [0.29, 0.717) is 12.8 Å². The number of benzene rings is 2. The molecule has 22 heavy (non-hydrogen) atoms. The minimum Gasteiger partial charge on any atom is -0.409 e. The van der Waals surface area contributed by atoms with Crippen molar-refractivity contribution in [2.45, 2.75) is 26.7 Å². The SMILES string of the molecule is Cc1ccc(C/C(N)=N/O)cc1.Cc1ccc(CC#N)cc1. The van der Waals surface area contributed by atoms with Crippen molar-refractivity contribution in [1.29, 1.82) is 5.26 Å². The predicted octanol–water partition coefficient (Wildman–Crippen LogP) is 3.35. The number of hydrogen-bond acceptors (Lipinski definition) is 3. The molecule has 0 unspecified atom stereocenters. The molecule has 0 atom stereocenters. The number of nitrogens with zero attached hydrogens (tertiary/aromatic N) is 2. The number of rotatable bonds is 3. The molecule has 0 saturated carbocycles. The summed E-state index contributed by atoms with van der Waals surface area (Å²) in [6.45, 7) is 4.06. The van der Waals surface area contributed by atoms with Crippen LogP contribution in [0.4, 0.5) is 0 Å². The number of nitriles is 1. The highest BCUT2D eigenvalue weighted by Gasteiger charge is 1.95. The van der Waals surface area contributed by atoms with E-state index in [1.54, 1.807) is 0 Å². The van der Waals surface area contributed by atoms with Gasteiger partial charge in [-0.15, -0.1) is 0 Å². The molecule has 0 radical (unpaired) electrons. The third-order valence-electron chi connectivity index (χ3n) is 3.04.